The van der Waals surface area contributed by atoms with Gasteiger partial charge < -0.3 is 10.6 Å². The molecule has 0 spiro atoms. The summed E-state index contributed by atoms with van der Waals surface area (Å²) in [5.41, 5.74) is 0.505. The minimum absolute atomic E-state index is 0.00367. The predicted octanol–water partition coefficient (Wildman–Crippen LogP) is 0.263. The number of anilines is 1. The fourth-order valence-electron chi connectivity index (χ4n) is 2.78. The number of hydrogen-bond acceptors (Lipinski definition) is 5. The van der Waals surface area contributed by atoms with Crippen LogP contribution in [-0.2, 0) is 19.6 Å². The molecule has 25 heavy (non-hydrogen) atoms. The van der Waals surface area contributed by atoms with Gasteiger partial charge in [-0.2, -0.15) is 0 Å². The third-order valence-corrected chi connectivity index (χ3v) is 4.95. The largest absolute Gasteiger partial charge is 0.352 e. The first-order chi connectivity index (χ1) is 11.8. The molecule has 1 aromatic rings. The van der Waals surface area contributed by atoms with E-state index in [1.54, 1.807) is 0 Å². The van der Waals surface area contributed by atoms with Crippen LogP contribution in [0.1, 0.15) is 26.2 Å². The van der Waals surface area contributed by atoms with E-state index in [9.17, 15) is 18.0 Å². The molecule has 1 aliphatic rings. The number of piperidine rings is 1. The number of amides is 2. The molecule has 0 aliphatic carbocycles. The van der Waals surface area contributed by atoms with Crippen LogP contribution in [0.2, 0.25) is 0 Å². The normalized spacial score (nSPS) is 18.6. The van der Waals surface area contributed by atoms with Crippen molar-refractivity contribution >= 4 is 27.5 Å². The number of primary sulfonamides is 1. The summed E-state index contributed by atoms with van der Waals surface area (Å²) in [5.74, 6) is -0.169. The van der Waals surface area contributed by atoms with Gasteiger partial charge in [0.05, 0.1) is 11.4 Å². The number of benzene rings is 1. The molecule has 1 unspecified atom stereocenters. The number of nitrogens with zero attached hydrogens (tertiary/aromatic N) is 1. The molecular formula is C16H24N4O4S. The van der Waals surface area contributed by atoms with E-state index in [0.29, 0.717) is 18.7 Å². The quantitative estimate of drug-likeness (QED) is 0.665. The number of nitrogens with two attached hydrogens (primary N) is 1. The first kappa shape index (κ1) is 19.4. The third-order valence-electron chi connectivity index (χ3n) is 4.03. The lowest BCUT2D eigenvalue weighted by Crippen LogP contribution is -2.49. The van der Waals surface area contributed by atoms with Crippen molar-refractivity contribution in [3.8, 4) is 0 Å². The molecule has 0 saturated carbocycles. The molecule has 1 fully saturated rings. The number of sulfonamides is 1. The minimum atomic E-state index is -3.74. The van der Waals surface area contributed by atoms with Crippen LogP contribution in [0.4, 0.5) is 5.69 Å². The Kier molecular flexibility index (Phi) is 6.51. The van der Waals surface area contributed by atoms with Gasteiger partial charge >= 0.3 is 0 Å². The molecule has 1 atom stereocenters. The lowest BCUT2D eigenvalue weighted by molar-refractivity contribution is -0.121. The highest BCUT2D eigenvalue weighted by Crippen LogP contribution is 2.14. The van der Waals surface area contributed by atoms with Crippen molar-refractivity contribution in [3.63, 3.8) is 0 Å². The van der Waals surface area contributed by atoms with Crippen LogP contribution < -0.4 is 15.8 Å². The van der Waals surface area contributed by atoms with E-state index >= 15 is 0 Å². The van der Waals surface area contributed by atoms with Gasteiger partial charge in [0.2, 0.25) is 21.8 Å². The zero-order valence-electron chi connectivity index (χ0n) is 14.2. The smallest absolute Gasteiger partial charge is 0.238 e. The second-order valence-electron chi connectivity index (χ2n) is 6.11. The van der Waals surface area contributed by atoms with E-state index in [2.05, 4.69) is 10.6 Å². The van der Waals surface area contributed by atoms with Crippen molar-refractivity contribution < 1.29 is 18.0 Å². The number of rotatable bonds is 6. The van der Waals surface area contributed by atoms with Gasteiger partial charge in [-0.15, -0.1) is 0 Å². The number of carbonyl (C=O) groups is 2. The van der Waals surface area contributed by atoms with E-state index in [-0.39, 0.29) is 29.3 Å². The van der Waals surface area contributed by atoms with Crippen molar-refractivity contribution in [2.24, 2.45) is 5.14 Å². The Morgan fingerprint density at radius 3 is 2.52 bits per heavy atom. The van der Waals surface area contributed by atoms with Crippen molar-refractivity contribution in [2.75, 3.05) is 25.0 Å². The Hall–Kier alpha value is -1.97. The summed E-state index contributed by atoms with van der Waals surface area (Å²) >= 11 is 0. The Bertz CT molecular complexity index is 718. The van der Waals surface area contributed by atoms with Crippen LogP contribution >= 0.6 is 0 Å². The van der Waals surface area contributed by atoms with Crippen LogP contribution in [0, 0.1) is 0 Å². The average Bonchev–Trinajstić information content (AvgIpc) is 2.54. The number of hydrogen-bond donors (Lipinski definition) is 3. The van der Waals surface area contributed by atoms with Gasteiger partial charge in [-0.1, -0.05) is 6.92 Å². The highest BCUT2D eigenvalue weighted by Gasteiger charge is 2.22. The van der Waals surface area contributed by atoms with Crippen molar-refractivity contribution in [1.82, 2.24) is 10.2 Å². The molecule has 8 nitrogen and oxygen atoms in total. The summed E-state index contributed by atoms with van der Waals surface area (Å²) in [6, 6.07) is 5.77. The van der Waals surface area contributed by atoms with Gasteiger partial charge in [0.25, 0.3) is 0 Å². The maximum Gasteiger partial charge on any atom is 0.238 e. The van der Waals surface area contributed by atoms with Gasteiger partial charge in [-0.25, -0.2) is 13.6 Å². The fraction of sp³-hybridized carbons (Fsp3) is 0.500. The first-order valence-corrected chi connectivity index (χ1v) is 9.77. The highest BCUT2D eigenvalue weighted by molar-refractivity contribution is 7.89. The molecule has 1 saturated heterocycles. The maximum absolute atomic E-state index is 12.2. The Morgan fingerprint density at radius 1 is 1.24 bits per heavy atom. The van der Waals surface area contributed by atoms with Gasteiger partial charge in [-0.05, 0) is 43.7 Å². The molecule has 0 bridgehead atoms. The standard InChI is InChI=1S/C16H24N4O4S/c1-2-15(21)19-13-4-3-9-20(10-13)11-16(22)18-12-5-7-14(8-6-12)25(17,23)24/h5-8,13H,2-4,9-11H2,1H3,(H,18,22)(H,19,21)(H2,17,23,24). The fourth-order valence-corrected chi connectivity index (χ4v) is 3.29. The van der Waals surface area contributed by atoms with E-state index in [1.807, 2.05) is 11.8 Å². The second-order valence-corrected chi connectivity index (χ2v) is 7.67. The number of likely N-dealkylation sites (tertiary alicyclic amines) is 1. The summed E-state index contributed by atoms with van der Waals surface area (Å²) in [4.78, 5) is 25.6. The second kappa shape index (κ2) is 8.41. The maximum atomic E-state index is 12.2. The van der Waals surface area contributed by atoms with E-state index in [4.69, 9.17) is 5.14 Å². The lowest BCUT2D eigenvalue weighted by Gasteiger charge is -2.32. The Balaban J connectivity index is 1.86. The van der Waals surface area contributed by atoms with Crippen LogP contribution in [0.3, 0.4) is 0 Å². The van der Waals surface area contributed by atoms with Crippen molar-refractivity contribution in [3.05, 3.63) is 24.3 Å². The Morgan fingerprint density at radius 2 is 1.92 bits per heavy atom. The molecule has 2 rings (SSSR count). The van der Waals surface area contributed by atoms with Gasteiger partial charge in [0.15, 0.2) is 0 Å². The summed E-state index contributed by atoms with van der Waals surface area (Å²) in [6.07, 6.45) is 2.29. The lowest BCUT2D eigenvalue weighted by atomic mass is 10.1. The van der Waals surface area contributed by atoms with Crippen LogP contribution in [-0.4, -0.2) is 50.8 Å². The van der Waals surface area contributed by atoms with Crippen molar-refractivity contribution in [2.45, 2.75) is 37.1 Å². The number of carbonyl (C=O) groups excluding carboxylic acids is 2. The molecule has 138 valence electrons. The molecular weight excluding hydrogens is 344 g/mol. The van der Waals surface area contributed by atoms with Crippen molar-refractivity contribution in [1.29, 1.82) is 0 Å². The molecule has 4 N–H and O–H groups in total. The zero-order chi connectivity index (χ0) is 18.4. The van der Waals surface area contributed by atoms with E-state index in [0.717, 1.165) is 19.4 Å². The molecule has 1 aliphatic heterocycles. The highest BCUT2D eigenvalue weighted by atomic mass is 32.2. The SMILES string of the molecule is CCC(=O)NC1CCCN(CC(=O)Nc2ccc(S(N)(=O)=O)cc2)C1. The van der Waals surface area contributed by atoms with Gasteiger partial charge in [0, 0.05) is 24.7 Å². The molecule has 0 radical (unpaired) electrons. The van der Waals surface area contributed by atoms with E-state index < -0.39 is 10.0 Å². The van der Waals surface area contributed by atoms with Crippen LogP contribution in [0.15, 0.2) is 29.2 Å². The molecule has 2 amide bonds. The summed E-state index contributed by atoms with van der Waals surface area (Å²) in [7, 11) is -3.74. The predicted molar refractivity (Wildman–Crippen MR) is 94.3 cm³/mol. The minimum Gasteiger partial charge on any atom is -0.352 e. The van der Waals surface area contributed by atoms with E-state index in [1.165, 1.54) is 24.3 Å². The molecule has 1 aromatic carbocycles. The summed E-state index contributed by atoms with van der Waals surface area (Å²) in [6.45, 7) is 3.47. The Labute approximate surface area is 147 Å². The van der Waals surface area contributed by atoms with Gasteiger partial charge in [0.1, 0.15) is 0 Å². The summed E-state index contributed by atoms with van der Waals surface area (Å²) in [5, 5.41) is 10.7. The number of nitrogens with one attached hydrogen (secondary N) is 2. The summed E-state index contributed by atoms with van der Waals surface area (Å²) < 4.78 is 22.4. The molecule has 1 heterocycles. The zero-order valence-corrected chi connectivity index (χ0v) is 15.0. The van der Waals surface area contributed by atoms with Crippen LogP contribution in [0.5, 0.6) is 0 Å². The monoisotopic (exact) mass is 368 g/mol. The third kappa shape index (κ3) is 6.11. The molecule has 0 aromatic heterocycles. The van der Waals surface area contributed by atoms with Gasteiger partial charge in [-0.3, -0.25) is 14.5 Å². The average molecular weight is 368 g/mol. The van der Waals surface area contributed by atoms with Crippen LogP contribution in [0.25, 0.3) is 0 Å². The molecule has 9 heteroatoms. The first-order valence-electron chi connectivity index (χ1n) is 8.22. The topological polar surface area (TPSA) is 122 Å².